The predicted molar refractivity (Wildman–Crippen MR) is 72.4 cm³/mol. The van der Waals surface area contributed by atoms with E-state index < -0.39 is 0 Å². The molecule has 0 heterocycles. The smallest absolute Gasteiger partial charge is 0.0488 e. The molecule has 0 aliphatic heterocycles. The predicted octanol–water partition coefficient (Wildman–Crippen LogP) is 3.19. The highest BCUT2D eigenvalue weighted by Gasteiger charge is 2.33. The quantitative estimate of drug-likeness (QED) is 0.584. The average molecular weight is 232 g/mol. The van der Waals surface area contributed by atoms with Gasteiger partial charge in [0, 0.05) is 6.04 Å². The van der Waals surface area contributed by atoms with E-state index in [0.717, 1.165) is 5.92 Å². The van der Waals surface area contributed by atoms with Gasteiger partial charge in [-0.05, 0) is 42.2 Å². The minimum absolute atomic E-state index is 0.304. The molecule has 17 heavy (non-hydrogen) atoms. The maximum atomic E-state index is 5.72. The van der Waals surface area contributed by atoms with Crippen LogP contribution in [0.1, 0.15) is 50.3 Å². The van der Waals surface area contributed by atoms with Crippen molar-refractivity contribution < 1.29 is 0 Å². The minimum Gasteiger partial charge on any atom is -0.271 e. The molecule has 1 saturated carbocycles. The first-order valence-corrected chi connectivity index (χ1v) is 6.81. The monoisotopic (exact) mass is 232 g/mol. The normalized spacial score (nSPS) is 19.0. The highest BCUT2D eigenvalue weighted by Crippen LogP contribution is 2.42. The second-order valence-corrected chi connectivity index (χ2v) is 5.33. The van der Waals surface area contributed by atoms with E-state index in [4.69, 9.17) is 5.84 Å². The highest BCUT2D eigenvalue weighted by molar-refractivity contribution is 5.25. The number of nitrogens with one attached hydrogen (secondary N) is 1. The van der Waals surface area contributed by atoms with E-state index >= 15 is 0 Å². The lowest BCUT2D eigenvalue weighted by Gasteiger charge is -2.23. The Morgan fingerprint density at radius 2 is 1.94 bits per heavy atom. The van der Waals surface area contributed by atoms with Gasteiger partial charge in [0.25, 0.3) is 0 Å². The minimum atomic E-state index is 0.304. The number of nitrogens with two attached hydrogens (primary N) is 1. The van der Waals surface area contributed by atoms with Gasteiger partial charge in [-0.15, -0.1) is 0 Å². The second-order valence-electron chi connectivity index (χ2n) is 5.33. The van der Waals surface area contributed by atoms with Gasteiger partial charge >= 0.3 is 0 Å². The molecule has 0 amide bonds. The van der Waals surface area contributed by atoms with E-state index in [-0.39, 0.29) is 0 Å². The molecule has 2 unspecified atom stereocenters. The molecular weight excluding hydrogens is 208 g/mol. The maximum absolute atomic E-state index is 5.72. The van der Waals surface area contributed by atoms with Crippen LogP contribution in [0.2, 0.25) is 0 Å². The molecule has 0 aromatic heterocycles. The summed E-state index contributed by atoms with van der Waals surface area (Å²) in [7, 11) is 0. The third kappa shape index (κ3) is 3.08. The summed E-state index contributed by atoms with van der Waals surface area (Å²) in [6.45, 7) is 4.52. The molecule has 1 fully saturated rings. The molecule has 1 aromatic rings. The Labute approximate surface area is 105 Å². The largest absolute Gasteiger partial charge is 0.271 e. The molecule has 3 N–H and O–H groups in total. The average Bonchev–Trinajstić information content (AvgIpc) is 3.16. The summed E-state index contributed by atoms with van der Waals surface area (Å²) in [6, 6.07) is 9.24. The molecule has 0 spiro atoms. The topological polar surface area (TPSA) is 38.0 Å². The van der Waals surface area contributed by atoms with E-state index in [1.165, 1.54) is 36.8 Å². The fraction of sp³-hybridized carbons (Fsp3) is 0.600. The van der Waals surface area contributed by atoms with Crippen LogP contribution in [0, 0.1) is 11.8 Å². The lowest BCUT2D eigenvalue weighted by Crippen LogP contribution is -2.33. The van der Waals surface area contributed by atoms with Gasteiger partial charge in [0.05, 0.1) is 0 Å². The van der Waals surface area contributed by atoms with Gasteiger partial charge in [-0.3, -0.25) is 11.3 Å². The van der Waals surface area contributed by atoms with Gasteiger partial charge in [0.15, 0.2) is 0 Å². The van der Waals surface area contributed by atoms with Crippen molar-refractivity contribution in [3.05, 3.63) is 35.4 Å². The molecule has 2 atom stereocenters. The lowest BCUT2D eigenvalue weighted by atomic mass is 9.90. The zero-order chi connectivity index (χ0) is 12.3. The lowest BCUT2D eigenvalue weighted by molar-refractivity contribution is 0.354. The Balaban J connectivity index is 2.07. The standard InChI is InChI=1S/C15H24N2/c1-3-4-12-5-7-14(8-6-12)15(17-16)11(2)13-9-10-13/h5-8,11,13,15,17H,3-4,9-10,16H2,1-2H3. The van der Waals surface area contributed by atoms with Crippen LogP contribution in [-0.4, -0.2) is 0 Å². The molecule has 1 aromatic carbocycles. The summed E-state index contributed by atoms with van der Waals surface area (Å²) < 4.78 is 0. The van der Waals surface area contributed by atoms with Crippen molar-refractivity contribution in [3.63, 3.8) is 0 Å². The van der Waals surface area contributed by atoms with Gasteiger partial charge in [-0.1, -0.05) is 44.5 Å². The first kappa shape index (κ1) is 12.6. The number of hydrazine groups is 1. The van der Waals surface area contributed by atoms with E-state index in [0.29, 0.717) is 12.0 Å². The first-order chi connectivity index (χ1) is 8.26. The molecule has 0 bridgehead atoms. The van der Waals surface area contributed by atoms with Crippen molar-refractivity contribution in [1.29, 1.82) is 0 Å². The number of hydrogen-bond donors (Lipinski definition) is 2. The summed E-state index contributed by atoms with van der Waals surface area (Å²) in [4.78, 5) is 0. The molecular formula is C15H24N2. The molecule has 1 aliphatic carbocycles. The fourth-order valence-electron chi connectivity index (χ4n) is 2.63. The second kappa shape index (κ2) is 5.65. The van der Waals surface area contributed by atoms with Crippen molar-refractivity contribution in [2.45, 2.75) is 45.6 Å². The fourth-order valence-corrected chi connectivity index (χ4v) is 2.63. The number of rotatable bonds is 6. The Kier molecular flexibility index (Phi) is 4.19. The van der Waals surface area contributed by atoms with Crippen molar-refractivity contribution >= 4 is 0 Å². The Bertz CT molecular complexity index is 340. The van der Waals surface area contributed by atoms with Gasteiger partial charge in [-0.2, -0.15) is 0 Å². The third-order valence-corrected chi connectivity index (χ3v) is 3.95. The Hall–Kier alpha value is -0.860. The summed E-state index contributed by atoms with van der Waals surface area (Å²) in [5.41, 5.74) is 5.74. The molecule has 2 heteroatoms. The van der Waals surface area contributed by atoms with Crippen LogP contribution < -0.4 is 11.3 Å². The maximum Gasteiger partial charge on any atom is 0.0488 e. The summed E-state index contributed by atoms with van der Waals surface area (Å²) in [6.07, 6.45) is 5.11. The van der Waals surface area contributed by atoms with Crippen molar-refractivity contribution in [1.82, 2.24) is 5.43 Å². The van der Waals surface area contributed by atoms with E-state index in [1.54, 1.807) is 0 Å². The van der Waals surface area contributed by atoms with E-state index in [9.17, 15) is 0 Å². The molecule has 1 aliphatic rings. The summed E-state index contributed by atoms with van der Waals surface area (Å²) in [5.74, 6) is 7.22. The summed E-state index contributed by atoms with van der Waals surface area (Å²) >= 11 is 0. The molecule has 0 saturated heterocycles. The molecule has 2 nitrogen and oxygen atoms in total. The number of benzene rings is 1. The zero-order valence-electron chi connectivity index (χ0n) is 10.9. The van der Waals surface area contributed by atoms with Crippen molar-refractivity contribution in [2.75, 3.05) is 0 Å². The zero-order valence-corrected chi connectivity index (χ0v) is 10.9. The van der Waals surface area contributed by atoms with Gasteiger partial charge in [-0.25, -0.2) is 0 Å². The van der Waals surface area contributed by atoms with Gasteiger partial charge in [0.1, 0.15) is 0 Å². The van der Waals surface area contributed by atoms with Crippen molar-refractivity contribution in [2.24, 2.45) is 17.7 Å². The van der Waals surface area contributed by atoms with Crippen LogP contribution in [0.3, 0.4) is 0 Å². The van der Waals surface area contributed by atoms with E-state index in [2.05, 4.69) is 43.5 Å². The van der Waals surface area contributed by atoms with Crippen LogP contribution in [-0.2, 0) is 6.42 Å². The van der Waals surface area contributed by atoms with Crippen molar-refractivity contribution in [3.8, 4) is 0 Å². The molecule has 94 valence electrons. The van der Waals surface area contributed by atoms with Crippen LogP contribution in [0.25, 0.3) is 0 Å². The number of hydrogen-bond acceptors (Lipinski definition) is 2. The van der Waals surface area contributed by atoms with Crippen LogP contribution in [0.4, 0.5) is 0 Å². The van der Waals surface area contributed by atoms with Crippen LogP contribution >= 0.6 is 0 Å². The third-order valence-electron chi connectivity index (χ3n) is 3.95. The van der Waals surface area contributed by atoms with Crippen LogP contribution in [0.15, 0.2) is 24.3 Å². The SMILES string of the molecule is CCCc1ccc(C(NN)C(C)C2CC2)cc1. The highest BCUT2D eigenvalue weighted by atomic mass is 15.2. The number of aryl methyl sites for hydroxylation is 1. The van der Waals surface area contributed by atoms with Gasteiger partial charge in [0.2, 0.25) is 0 Å². The molecule has 2 rings (SSSR count). The Morgan fingerprint density at radius 1 is 1.29 bits per heavy atom. The first-order valence-electron chi connectivity index (χ1n) is 6.81. The van der Waals surface area contributed by atoms with E-state index in [1.807, 2.05) is 0 Å². The molecule has 0 radical (unpaired) electrons. The summed E-state index contributed by atoms with van der Waals surface area (Å²) in [5, 5.41) is 0. The Morgan fingerprint density at radius 3 is 2.41 bits per heavy atom. The van der Waals surface area contributed by atoms with Crippen LogP contribution in [0.5, 0.6) is 0 Å². The van der Waals surface area contributed by atoms with Gasteiger partial charge < -0.3 is 0 Å².